The average Bonchev–Trinajstić information content (AvgIpc) is 2.61. The van der Waals surface area contributed by atoms with Gasteiger partial charge in [-0.2, -0.15) is 0 Å². The van der Waals surface area contributed by atoms with Gasteiger partial charge < -0.3 is 14.7 Å². The number of benzene rings is 2. The molecule has 0 bridgehead atoms. The van der Waals surface area contributed by atoms with Crippen molar-refractivity contribution >= 4 is 11.9 Å². The molecule has 0 aliphatic rings. The van der Waals surface area contributed by atoms with Gasteiger partial charge in [0.15, 0.2) is 0 Å². The highest BCUT2D eigenvalue weighted by Crippen LogP contribution is 2.16. The Morgan fingerprint density at radius 2 is 1.76 bits per heavy atom. The minimum absolute atomic E-state index is 0.0377. The van der Waals surface area contributed by atoms with Crippen LogP contribution >= 0.6 is 0 Å². The molecule has 0 aliphatic heterocycles. The van der Waals surface area contributed by atoms with Gasteiger partial charge in [-0.05, 0) is 42.7 Å². The Kier molecular flexibility index (Phi) is 6.57. The van der Waals surface area contributed by atoms with Crippen molar-refractivity contribution in [1.82, 2.24) is 4.90 Å². The third-order valence-corrected chi connectivity index (χ3v) is 4.03. The van der Waals surface area contributed by atoms with Crippen LogP contribution in [-0.4, -0.2) is 42.1 Å². The molecule has 0 unspecified atom stereocenters. The molecule has 0 atom stereocenters. The van der Waals surface area contributed by atoms with Crippen molar-refractivity contribution in [2.75, 3.05) is 20.2 Å². The number of aryl methyl sites for hydroxylation is 2. The first-order chi connectivity index (χ1) is 12.0. The van der Waals surface area contributed by atoms with E-state index in [4.69, 9.17) is 9.84 Å². The second-order valence-electron chi connectivity index (χ2n) is 5.93. The van der Waals surface area contributed by atoms with Gasteiger partial charge in [-0.1, -0.05) is 30.3 Å². The number of ether oxygens (including phenoxy) is 1. The van der Waals surface area contributed by atoms with Gasteiger partial charge in [-0.15, -0.1) is 0 Å². The Morgan fingerprint density at radius 3 is 2.40 bits per heavy atom. The highest BCUT2D eigenvalue weighted by atomic mass is 16.5. The van der Waals surface area contributed by atoms with Gasteiger partial charge in [0.1, 0.15) is 12.4 Å². The Hall–Kier alpha value is -2.82. The lowest BCUT2D eigenvalue weighted by Crippen LogP contribution is -2.31. The highest BCUT2D eigenvalue weighted by Gasteiger charge is 2.10. The molecular weight excluding hydrogens is 318 g/mol. The largest absolute Gasteiger partial charge is 0.491 e. The number of carboxylic acids is 1. The van der Waals surface area contributed by atoms with Crippen molar-refractivity contribution in [1.29, 1.82) is 0 Å². The summed E-state index contributed by atoms with van der Waals surface area (Å²) in [5.74, 6) is -0.0754. The molecule has 0 spiro atoms. The molecule has 1 N–H and O–H groups in total. The van der Waals surface area contributed by atoms with E-state index < -0.39 is 5.97 Å². The maximum atomic E-state index is 12.2. The number of likely N-dealkylation sites (N-methyl/N-ethyl adjacent to an activating group) is 1. The Labute approximate surface area is 147 Å². The zero-order chi connectivity index (χ0) is 18.2. The van der Waals surface area contributed by atoms with Gasteiger partial charge in [0.25, 0.3) is 0 Å². The van der Waals surface area contributed by atoms with Crippen molar-refractivity contribution < 1.29 is 19.4 Å². The Balaban J connectivity index is 1.74. The molecule has 25 heavy (non-hydrogen) atoms. The summed E-state index contributed by atoms with van der Waals surface area (Å²) in [6, 6.07) is 14.4. The molecule has 0 saturated carbocycles. The fourth-order valence-corrected chi connectivity index (χ4v) is 2.39. The summed E-state index contributed by atoms with van der Waals surface area (Å²) >= 11 is 0. The molecule has 0 aliphatic carbocycles. The van der Waals surface area contributed by atoms with Crippen molar-refractivity contribution in [2.45, 2.75) is 19.8 Å². The third kappa shape index (κ3) is 5.64. The van der Waals surface area contributed by atoms with Crippen molar-refractivity contribution in [3.05, 3.63) is 65.2 Å². The maximum absolute atomic E-state index is 12.2. The molecule has 0 heterocycles. The predicted octanol–water partition coefficient (Wildman–Crippen LogP) is 3.16. The quantitative estimate of drug-likeness (QED) is 0.801. The standard InChI is InChI=1S/C20H23NO4/c1-15-5-3-4-6-18(15)25-14-13-21(2)19(22)12-9-16-7-10-17(11-8-16)20(23)24/h3-8,10-11H,9,12-14H2,1-2H3,(H,23,24). The molecule has 5 heteroatoms. The molecule has 2 rings (SSSR count). The lowest BCUT2D eigenvalue weighted by molar-refractivity contribution is -0.130. The number of para-hydroxylation sites is 1. The first kappa shape index (κ1) is 18.5. The van der Waals surface area contributed by atoms with E-state index in [1.807, 2.05) is 31.2 Å². The number of rotatable bonds is 8. The summed E-state index contributed by atoms with van der Waals surface area (Å²) in [5, 5.41) is 8.88. The summed E-state index contributed by atoms with van der Waals surface area (Å²) in [7, 11) is 1.76. The zero-order valence-electron chi connectivity index (χ0n) is 14.6. The van der Waals surface area contributed by atoms with E-state index in [-0.39, 0.29) is 11.5 Å². The topological polar surface area (TPSA) is 66.8 Å². The number of aromatic carboxylic acids is 1. The van der Waals surface area contributed by atoms with Crippen LogP contribution in [0, 0.1) is 6.92 Å². The van der Waals surface area contributed by atoms with E-state index in [0.717, 1.165) is 16.9 Å². The van der Waals surface area contributed by atoms with Crippen LogP contribution in [0.3, 0.4) is 0 Å². The fraction of sp³-hybridized carbons (Fsp3) is 0.300. The molecule has 132 valence electrons. The summed E-state index contributed by atoms with van der Waals surface area (Å²) in [6.45, 7) is 2.95. The molecule has 1 amide bonds. The summed E-state index contributed by atoms with van der Waals surface area (Å²) in [5.41, 5.74) is 2.27. The van der Waals surface area contributed by atoms with Crippen LogP contribution in [0.15, 0.2) is 48.5 Å². The first-order valence-corrected chi connectivity index (χ1v) is 8.22. The number of nitrogens with zero attached hydrogens (tertiary/aromatic N) is 1. The van der Waals surface area contributed by atoms with E-state index >= 15 is 0 Å². The minimum Gasteiger partial charge on any atom is -0.491 e. The third-order valence-electron chi connectivity index (χ3n) is 4.03. The van der Waals surface area contributed by atoms with Gasteiger partial charge in [-0.3, -0.25) is 4.79 Å². The normalized spacial score (nSPS) is 10.3. The zero-order valence-corrected chi connectivity index (χ0v) is 14.6. The van der Waals surface area contributed by atoms with Crippen LogP contribution < -0.4 is 4.74 Å². The van der Waals surface area contributed by atoms with Crippen molar-refractivity contribution in [3.8, 4) is 5.75 Å². The maximum Gasteiger partial charge on any atom is 0.335 e. The molecule has 2 aromatic carbocycles. The smallest absolute Gasteiger partial charge is 0.335 e. The van der Waals surface area contributed by atoms with E-state index in [1.165, 1.54) is 0 Å². The summed E-state index contributed by atoms with van der Waals surface area (Å²) < 4.78 is 5.71. The second kappa shape index (κ2) is 8.87. The van der Waals surface area contributed by atoms with Crippen LogP contribution in [0.5, 0.6) is 5.75 Å². The monoisotopic (exact) mass is 341 g/mol. The molecule has 0 fully saturated rings. The molecule has 0 aromatic heterocycles. The number of hydrogen-bond donors (Lipinski definition) is 1. The minimum atomic E-state index is -0.948. The fourth-order valence-electron chi connectivity index (χ4n) is 2.39. The lowest BCUT2D eigenvalue weighted by Gasteiger charge is -2.18. The highest BCUT2D eigenvalue weighted by molar-refractivity contribution is 5.87. The van der Waals surface area contributed by atoms with Crippen molar-refractivity contribution in [2.24, 2.45) is 0 Å². The molecular formula is C20H23NO4. The van der Waals surface area contributed by atoms with E-state index in [2.05, 4.69) is 0 Å². The van der Waals surface area contributed by atoms with Gasteiger partial charge >= 0.3 is 5.97 Å². The van der Waals surface area contributed by atoms with Crippen LogP contribution in [0.1, 0.15) is 27.9 Å². The van der Waals surface area contributed by atoms with E-state index in [0.29, 0.717) is 26.0 Å². The van der Waals surface area contributed by atoms with Gasteiger partial charge in [0.05, 0.1) is 12.1 Å². The van der Waals surface area contributed by atoms with E-state index in [9.17, 15) is 9.59 Å². The second-order valence-corrected chi connectivity index (χ2v) is 5.93. The summed E-state index contributed by atoms with van der Waals surface area (Å²) in [6.07, 6.45) is 0.967. The van der Waals surface area contributed by atoms with Gasteiger partial charge in [-0.25, -0.2) is 4.79 Å². The van der Waals surface area contributed by atoms with Crippen LogP contribution in [0.4, 0.5) is 0 Å². The number of amides is 1. The Morgan fingerprint density at radius 1 is 1.08 bits per heavy atom. The molecule has 0 radical (unpaired) electrons. The van der Waals surface area contributed by atoms with Crippen LogP contribution in [0.2, 0.25) is 0 Å². The number of hydrogen-bond acceptors (Lipinski definition) is 3. The van der Waals surface area contributed by atoms with Crippen LogP contribution in [0.25, 0.3) is 0 Å². The predicted molar refractivity (Wildman–Crippen MR) is 96.0 cm³/mol. The van der Waals surface area contributed by atoms with Gasteiger partial charge in [0.2, 0.25) is 5.91 Å². The number of carboxylic acid groups (broad SMARTS) is 1. The first-order valence-electron chi connectivity index (χ1n) is 8.22. The molecule has 0 saturated heterocycles. The SMILES string of the molecule is Cc1ccccc1OCCN(C)C(=O)CCc1ccc(C(=O)O)cc1. The van der Waals surface area contributed by atoms with Crippen LogP contribution in [-0.2, 0) is 11.2 Å². The molecule has 5 nitrogen and oxygen atoms in total. The number of carbonyl (C=O) groups is 2. The summed E-state index contributed by atoms with van der Waals surface area (Å²) in [4.78, 5) is 24.7. The van der Waals surface area contributed by atoms with Gasteiger partial charge in [0, 0.05) is 13.5 Å². The van der Waals surface area contributed by atoms with E-state index in [1.54, 1.807) is 36.2 Å². The lowest BCUT2D eigenvalue weighted by atomic mass is 10.1. The Bertz CT molecular complexity index is 725. The average molecular weight is 341 g/mol. The number of carbonyl (C=O) groups excluding carboxylic acids is 1. The molecule has 2 aromatic rings. The van der Waals surface area contributed by atoms with Crippen molar-refractivity contribution in [3.63, 3.8) is 0 Å².